The van der Waals surface area contributed by atoms with Gasteiger partial charge in [0.05, 0.1) is 28.5 Å². The van der Waals surface area contributed by atoms with Crippen molar-refractivity contribution in [2.75, 3.05) is 11.9 Å². The molecule has 6 nitrogen and oxygen atoms in total. The Bertz CT molecular complexity index is 959. The van der Waals surface area contributed by atoms with E-state index in [2.05, 4.69) is 21.4 Å². The zero-order chi connectivity index (χ0) is 17.1. The van der Waals surface area contributed by atoms with E-state index in [1.165, 1.54) is 17.7 Å². The highest BCUT2D eigenvalue weighted by Gasteiger charge is 2.20. The molecular weight excluding hydrogens is 324 g/mol. The van der Waals surface area contributed by atoms with Gasteiger partial charge in [0.15, 0.2) is 0 Å². The molecule has 0 spiro atoms. The molecule has 2 aromatic heterocycles. The zero-order valence-electron chi connectivity index (χ0n) is 13.2. The van der Waals surface area contributed by atoms with Gasteiger partial charge in [-0.1, -0.05) is 6.07 Å². The van der Waals surface area contributed by atoms with Crippen molar-refractivity contribution in [2.45, 2.75) is 13.8 Å². The average molecular weight is 338 g/mol. The van der Waals surface area contributed by atoms with Crippen molar-refractivity contribution in [2.24, 2.45) is 0 Å². The molecule has 24 heavy (non-hydrogen) atoms. The van der Waals surface area contributed by atoms with Crippen LogP contribution in [0.25, 0.3) is 10.2 Å². The summed E-state index contributed by atoms with van der Waals surface area (Å²) >= 11 is 1.29. The highest BCUT2D eigenvalue weighted by atomic mass is 32.1. The number of anilines is 1. The fourth-order valence-corrected chi connectivity index (χ4v) is 3.39. The SMILES string of the molecule is CCOc1ncnc2sc(C(=O)Nc3cccc(C#N)c3)c(C)c12. The van der Waals surface area contributed by atoms with Gasteiger partial charge in [-0.15, -0.1) is 11.3 Å². The van der Waals surface area contributed by atoms with Gasteiger partial charge in [0.25, 0.3) is 5.91 Å². The molecule has 7 heteroatoms. The number of ether oxygens (including phenoxy) is 1. The van der Waals surface area contributed by atoms with E-state index in [0.717, 1.165) is 10.9 Å². The normalized spacial score (nSPS) is 10.4. The third-order valence-electron chi connectivity index (χ3n) is 3.43. The molecule has 1 amide bonds. The summed E-state index contributed by atoms with van der Waals surface area (Å²) in [6.07, 6.45) is 1.43. The number of fused-ring (bicyclic) bond motifs is 1. The van der Waals surface area contributed by atoms with Crippen molar-refractivity contribution in [3.63, 3.8) is 0 Å². The summed E-state index contributed by atoms with van der Waals surface area (Å²) in [6, 6.07) is 8.84. The van der Waals surface area contributed by atoms with E-state index in [0.29, 0.717) is 33.4 Å². The van der Waals surface area contributed by atoms with E-state index in [1.54, 1.807) is 24.3 Å². The molecule has 0 bridgehead atoms. The Morgan fingerprint density at radius 3 is 3.00 bits per heavy atom. The molecule has 0 aliphatic carbocycles. The van der Waals surface area contributed by atoms with Gasteiger partial charge in [0.2, 0.25) is 5.88 Å². The molecule has 0 fully saturated rings. The van der Waals surface area contributed by atoms with E-state index < -0.39 is 0 Å². The first-order valence-electron chi connectivity index (χ1n) is 7.32. The van der Waals surface area contributed by atoms with Gasteiger partial charge in [0.1, 0.15) is 11.2 Å². The summed E-state index contributed by atoms with van der Waals surface area (Å²) < 4.78 is 5.53. The molecule has 1 aromatic carbocycles. The lowest BCUT2D eigenvalue weighted by Gasteiger charge is -2.05. The maximum Gasteiger partial charge on any atom is 0.266 e. The second kappa shape index (κ2) is 6.64. The fourth-order valence-electron chi connectivity index (χ4n) is 2.36. The van der Waals surface area contributed by atoms with Gasteiger partial charge >= 0.3 is 0 Å². The van der Waals surface area contributed by atoms with Gasteiger partial charge in [-0.05, 0) is 37.6 Å². The lowest BCUT2D eigenvalue weighted by atomic mass is 10.2. The van der Waals surface area contributed by atoms with Gasteiger partial charge in [-0.25, -0.2) is 9.97 Å². The number of carbonyl (C=O) groups excluding carboxylic acids is 1. The van der Waals surface area contributed by atoms with E-state index >= 15 is 0 Å². The second-order valence-electron chi connectivity index (χ2n) is 4.99. The number of rotatable bonds is 4. The van der Waals surface area contributed by atoms with Crippen LogP contribution < -0.4 is 10.1 Å². The quantitative estimate of drug-likeness (QED) is 0.786. The Morgan fingerprint density at radius 2 is 2.25 bits per heavy atom. The third-order valence-corrected chi connectivity index (χ3v) is 4.63. The number of hydrogen-bond acceptors (Lipinski definition) is 6. The monoisotopic (exact) mass is 338 g/mol. The van der Waals surface area contributed by atoms with Gasteiger partial charge in [0, 0.05) is 5.69 Å². The average Bonchev–Trinajstić information content (AvgIpc) is 2.93. The molecular formula is C17H14N4O2S. The highest BCUT2D eigenvalue weighted by molar-refractivity contribution is 7.20. The first-order chi connectivity index (χ1) is 11.6. The van der Waals surface area contributed by atoms with Crippen molar-refractivity contribution in [3.8, 4) is 11.9 Å². The third kappa shape index (κ3) is 2.92. The maximum atomic E-state index is 12.6. The maximum absolute atomic E-state index is 12.6. The summed E-state index contributed by atoms with van der Waals surface area (Å²) in [5.74, 6) is 0.245. The molecule has 2 heterocycles. The molecule has 3 aromatic rings. The summed E-state index contributed by atoms with van der Waals surface area (Å²) in [5.41, 5.74) is 1.85. The number of amides is 1. The number of carbonyl (C=O) groups is 1. The van der Waals surface area contributed by atoms with Crippen molar-refractivity contribution in [3.05, 3.63) is 46.6 Å². The zero-order valence-corrected chi connectivity index (χ0v) is 14.0. The lowest BCUT2D eigenvalue weighted by molar-refractivity contribution is 0.103. The number of nitriles is 1. The molecule has 0 saturated carbocycles. The van der Waals surface area contributed by atoms with Crippen LogP contribution in [0.2, 0.25) is 0 Å². The Hall–Kier alpha value is -2.98. The van der Waals surface area contributed by atoms with Crippen molar-refractivity contribution in [1.29, 1.82) is 5.26 Å². The van der Waals surface area contributed by atoms with Crippen LogP contribution in [0.5, 0.6) is 5.88 Å². The molecule has 0 unspecified atom stereocenters. The fraction of sp³-hybridized carbons (Fsp3) is 0.176. The minimum absolute atomic E-state index is 0.243. The Morgan fingerprint density at radius 1 is 1.42 bits per heavy atom. The molecule has 0 aliphatic heterocycles. The molecule has 0 atom stereocenters. The summed E-state index contributed by atoms with van der Waals surface area (Å²) in [7, 11) is 0. The van der Waals surface area contributed by atoms with E-state index in [9.17, 15) is 4.79 Å². The van der Waals surface area contributed by atoms with Crippen molar-refractivity contribution < 1.29 is 9.53 Å². The number of thiophene rings is 1. The first-order valence-corrected chi connectivity index (χ1v) is 8.14. The summed E-state index contributed by atoms with van der Waals surface area (Å²) in [5, 5.41) is 12.5. The van der Waals surface area contributed by atoms with Crippen molar-refractivity contribution >= 4 is 33.1 Å². The van der Waals surface area contributed by atoms with Crippen LogP contribution in [0, 0.1) is 18.3 Å². The topological polar surface area (TPSA) is 87.9 Å². The molecule has 0 radical (unpaired) electrons. The minimum atomic E-state index is -0.243. The smallest absolute Gasteiger partial charge is 0.266 e. The van der Waals surface area contributed by atoms with E-state index in [1.807, 2.05) is 13.8 Å². The van der Waals surface area contributed by atoms with Crippen LogP contribution in [-0.2, 0) is 0 Å². The number of hydrogen-bond donors (Lipinski definition) is 1. The van der Waals surface area contributed by atoms with Crippen LogP contribution in [0.3, 0.4) is 0 Å². The Labute approximate surface area is 142 Å². The largest absolute Gasteiger partial charge is 0.477 e. The number of nitrogens with zero attached hydrogens (tertiary/aromatic N) is 3. The highest BCUT2D eigenvalue weighted by Crippen LogP contribution is 2.34. The van der Waals surface area contributed by atoms with Crippen LogP contribution in [-0.4, -0.2) is 22.5 Å². The standard InChI is InChI=1S/C17H14N4O2S/c1-3-23-16-13-10(2)14(24-17(13)20-9-19-16)15(22)21-12-6-4-5-11(7-12)8-18/h4-7,9H,3H2,1-2H3,(H,21,22). The van der Waals surface area contributed by atoms with Gasteiger partial charge in [-0.2, -0.15) is 5.26 Å². The number of nitrogens with one attached hydrogen (secondary N) is 1. The first kappa shape index (κ1) is 15.9. The van der Waals surface area contributed by atoms with Crippen LogP contribution >= 0.6 is 11.3 Å². The number of benzene rings is 1. The number of aryl methyl sites for hydroxylation is 1. The molecule has 1 N–H and O–H groups in total. The van der Waals surface area contributed by atoms with E-state index in [-0.39, 0.29) is 5.91 Å². The predicted molar refractivity (Wildman–Crippen MR) is 92.4 cm³/mol. The molecule has 0 aliphatic rings. The van der Waals surface area contributed by atoms with Crippen LogP contribution in [0.4, 0.5) is 5.69 Å². The van der Waals surface area contributed by atoms with E-state index in [4.69, 9.17) is 10.00 Å². The Balaban J connectivity index is 1.97. The number of aromatic nitrogens is 2. The molecule has 120 valence electrons. The van der Waals surface area contributed by atoms with Crippen LogP contribution in [0.15, 0.2) is 30.6 Å². The lowest BCUT2D eigenvalue weighted by Crippen LogP contribution is -2.11. The van der Waals surface area contributed by atoms with Crippen LogP contribution in [0.1, 0.15) is 27.7 Å². The molecule has 0 saturated heterocycles. The predicted octanol–water partition coefficient (Wildman–Crippen LogP) is 3.52. The minimum Gasteiger partial charge on any atom is -0.477 e. The summed E-state index contributed by atoms with van der Waals surface area (Å²) in [4.78, 5) is 22.2. The molecule has 3 rings (SSSR count). The van der Waals surface area contributed by atoms with Crippen molar-refractivity contribution in [1.82, 2.24) is 9.97 Å². The Kier molecular flexibility index (Phi) is 4.40. The summed E-state index contributed by atoms with van der Waals surface area (Å²) in [6.45, 7) is 4.22. The van der Waals surface area contributed by atoms with Gasteiger partial charge in [-0.3, -0.25) is 4.79 Å². The second-order valence-corrected chi connectivity index (χ2v) is 5.99. The van der Waals surface area contributed by atoms with Gasteiger partial charge < -0.3 is 10.1 Å².